The molecule has 3 N–H and O–H groups in total. The van der Waals surface area contributed by atoms with Gasteiger partial charge in [-0.25, -0.2) is 4.79 Å². The van der Waals surface area contributed by atoms with Gasteiger partial charge >= 0.3 is 5.97 Å². The first-order valence-electron chi connectivity index (χ1n) is 5.38. The maximum atomic E-state index is 12.1. The second-order valence-electron chi connectivity index (χ2n) is 3.99. The molecule has 0 aliphatic carbocycles. The van der Waals surface area contributed by atoms with Crippen molar-refractivity contribution in [3.63, 3.8) is 0 Å². The first-order valence-corrected chi connectivity index (χ1v) is 5.38. The Morgan fingerprint density at radius 2 is 2.05 bits per heavy atom. The van der Waals surface area contributed by atoms with E-state index in [9.17, 15) is 9.59 Å². The molecule has 2 rings (SSSR count). The van der Waals surface area contributed by atoms with Crippen molar-refractivity contribution < 1.29 is 14.7 Å². The third kappa shape index (κ3) is 2.30. The van der Waals surface area contributed by atoms with Crippen molar-refractivity contribution in [2.75, 3.05) is 5.32 Å². The number of rotatable bonds is 3. The molecule has 0 aliphatic heterocycles. The highest BCUT2D eigenvalue weighted by Gasteiger charge is 2.22. The van der Waals surface area contributed by atoms with Crippen molar-refractivity contribution >= 4 is 17.8 Å². The largest absolute Gasteiger partial charge is 0.477 e. The topological polar surface area (TPSA) is 126 Å². The Kier molecular flexibility index (Phi) is 3.03. The van der Waals surface area contributed by atoms with Crippen LogP contribution in [0.5, 0.6) is 0 Å². The molecule has 100 valence electrons. The van der Waals surface area contributed by atoms with Crippen LogP contribution in [0.2, 0.25) is 0 Å². The highest BCUT2D eigenvalue weighted by atomic mass is 16.4. The van der Waals surface area contributed by atoms with Crippen LogP contribution >= 0.6 is 0 Å². The van der Waals surface area contributed by atoms with Gasteiger partial charge in [0, 0.05) is 5.69 Å². The van der Waals surface area contributed by atoms with Gasteiger partial charge in [-0.05, 0) is 24.6 Å². The smallest absolute Gasteiger partial charge is 0.352 e. The van der Waals surface area contributed by atoms with Crippen LogP contribution in [0.25, 0.3) is 0 Å². The number of carbonyl (C=O) groups is 2. The molecule has 0 bridgehead atoms. The van der Waals surface area contributed by atoms with Gasteiger partial charge in [0.1, 0.15) is 5.69 Å². The molecule has 9 nitrogen and oxygen atoms in total. The highest BCUT2D eigenvalue weighted by Crippen LogP contribution is 2.18. The van der Waals surface area contributed by atoms with Gasteiger partial charge in [-0.3, -0.25) is 10.1 Å². The number of hydrogen-bond donors (Lipinski definition) is 3. The first kappa shape index (κ1) is 12.7. The molecule has 0 spiro atoms. The summed E-state index contributed by atoms with van der Waals surface area (Å²) in [7, 11) is 1.57. The molecule has 0 unspecified atom stereocenters. The number of H-pyrrole nitrogens is 1. The van der Waals surface area contributed by atoms with Gasteiger partial charge in [0.25, 0.3) is 11.9 Å². The second kappa shape index (κ2) is 4.52. The number of tetrazole rings is 1. The average molecular weight is 264 g/mol. The standard InChI is InChI=1S/C10H12N6O3/c1-4-6(5(2)11-7(4)9(18)19)8(17)12-10-13-15-16(3)14-10/h11H,1-3H3,(H,18,19)(H,12,14,17). The van der Waals surface area contributed by atoms with Crippen molar-refractivity contribution in [3.8, 4) is 0 Å². The first-order chi connectivity index (χ1) is 8.90. The molecule has 0 aromatic carbocycles. The Hall–Kier alpha value is -2.71. The number of amides is 1. The lowest BCUT2D eigenvalue weighted by molar-refractivity contribution is 0.0690. The minimum Gasteiger partial charge on any atom is -0.477 e. The molecule has 2 heterocycles. The van der Waals surface area contributed by atoms with E-state index in [0.29, 0.717) is 11.3 Å². The van der Waals surface area contributed by atoms with E-state index in [1.807, 2.05) is 0 Å². The van der Waals surface area contributed by atoms with Crippen molar-refractivity contribution in [2.45, 2.75) is 13.8 Å². The number of nitrogens with one attached hydrogen (secondary N) is 2. The molecular weight excluding hydrogens is 252 g/mol. The molecular formula is C10H12N6O3. The summed E-state index contributed by atoms with van der Waals surface area (Å²) < 4.78 is 0. The van der Waals surface area contributed by atoms with Crippen LogP contribution < -0.4 is 5.32 Å². The Bertz CT molecular complexity index is 656. The molecule has 1 amide bonds. The fraction of sp³-hybridized carbons (Fsp3) is 0.300. The number of nitrogens with zero attached hydrogens (tertiary/aromatic N) is 4. The average Bonchev–Trinajstić information content (AvgIpc) is 2.83. The predicted molar refractivity (Wildman–Crippen MR) is 64.0 cm³/mol. The molecule has 2 aromatic rings. The maximum Gasteiger partial charge on any atom is 0.352 e. The van der Waals surface area contributed by atoms with E-state index in [0.717, 1.165) is 0 Å². The van der Waals surface area contributed by atoms with Crippen LogP contribution in [-0.2, 0) is 7.05 Å². The minimum absolute atomic E-state index is 0.00486. The summed E-state index contributed by atoms with van der Waals surface area (Å²) in [4.78, 5) is 26.9. The number of aryl methyl sites for hydroxylation is 2. The summed E-state index contributed by atoms with van der Waals surface area (Å²) in [5.41, 5.74) is 1.10. The Balaban J connectivity index is 2.31. The van der Waals surface area contributed by atoms with E-state index in [-0.39, 0.29) is 17.2 Å². The molecule has 0 atom stereocenters. The van der Waals surface area contributed by atoms with Gasteiger partial charge in [-0.1, -0.05) is 5.10 Å². The zero-order valence-corrected chi connectivity index (χ0v) is 10.6. The summed E-state index contributed by atoms with van der Waals surface area (Å²) in [5.74, 6) is -1.53. The molecule has 19 heavy (non-hydrogen) atoms. The second-order valence-corrected chi connectivity index (χ2v) is 3.99. The molecule has 9 heteroatoms. The number of aromatic amines is 1. The predicted octanol–water partition coefficient (Wildman–Crippen LogP) is 0.106. The van der Waals surface area contributed by atoms with Crippen LogP contribution in [0.1, 0.15) is 32.1 Å². The van der Waals surface area contributed by atoms with Crippen LogP contribution in [0.15, 0.2) is 0 Å². The van der Waals surface area contributed by atoms with Gasteiger partial charge in [0.05, 0.1) is 12.6 Å². The number of anilines is 1. The third-order valence-electron chi connectivity index (χ3n) is 2.61. The van der Waals surface area contributed by atoms with Crippen molar-refractivity contribution in [1.29, 1.82) is 0 Å². The van der Waals surface area contributed by atoms with E-state index in [1.54, 1.807) is 20.9 Å². The molecule has 0 radical (unpaired) electrons. The zero-order valence-electron chi connectivity index (χ0n) is 10.6. The number of carboxylic acids is 1. The van der Waals surface area contributed by atoms with E-state index in [1.165, 1.54) is 4.80 Å². The lowest BCUT2D eigenvalue weighted by Crippen LogP contribution is -2.15. The van der Waals surface area contributed by atoms with Crippen LogP contribution in [0, 0.1) is 13.8 Å². The van der Waals surface area contributed by atoms with Gasteiger partial charge < -0.3 is 10.1 Å². The van der Waals surface area contributed by atoms with Crippen LogP contribution in [-0.4, -0.2) is 42.2 Å². The van der Waals surface area contributed by atoms with Crippen molar-refractivity contribution in [1.82, 2.24) is 25.2 Å². The lowest BCUT2D eigenvalue weighted by atomic mass is 10.1. The summed E-state index contributed by atoms with van der Waals surface area (Å²) in [6.07, 6.45) is 0. The minimum atomic E-state index is -1.11. The van der Waals surface area contributed by atoms with Gasteiger partial charge in [-0.2, -0.15) is 4.80 Å². The van der Waals surface area contributed by atoms with Gasteiger partial charge in [-0.15, -0.1) is 5.10 Å². The SMILES string of the molecule is Cc1[nH]c(C(=O)O)c(C)c1C(=O)Nc1nnn(C)n1. The lowest BCUT2D eigenvalue weighted by Gasteiger charge is -2.01. The van der Waals surface area contributed by atoms with Crippen LogP contribution in [0.3, 0.4) is 0 Å². The monoisotopic (exact) mass is 264 g/mol. The summed E-state index contributed by atoms with van der Waals surface area (Å²) in [6, 6.07) is 0. The Morgan fingerprint density at radius 3 is 2.53 bits per heavy atom. The summed E-state index contributed by atoms with van der Waals surface area (Å²) in [6.45, 7) is 3.18. The highest BCUT2D eigenvalue weighted by molar-refractivity contribution is 6.07. The maximum absolute atomic E-state index is 12.1. The van der Waals surface area contributed by atoms with Crippen LogP contribution in [0.4, 0.5) is 5.95 Å². The molecule has 0 saturated carbocycles. The van der Waals surface area contributed by atoms with Gasteiger partial charge in [0.15, 0.2) is 0 Å². The number of hydrogen-bond acceptors (Lipinski definition) is 5. The fourth-order valence-electron chi connectivity index (χ4n) is 1.80. The van der Waals surface area contributed by atoms with E-state index in [4.69, 9.17) is 5.11 Å². The molecule has 0 aliphatic rings. The van der Waals surface area contributed by atoms with E-state index >= 15 is 0 Å². The van der Waals surface area contributed by atoms with E-state index < -0.39 is 11.9 Å². The summed E-state index contributed by atoms with van der Waals surface area (Å²) in [5, 5.41) is 22.5. The summed E-state index contributed by atoms with van der Waals surface area (Å²) >= 11 is 0. The molecule has 0 saturated heterocycles. The Morgan fingerprint density at radius 1 is 1.37 bits per heavy atom. The number of aromatic carboxylic acids is 1. The quantitative estimate of drug-likeness (QED) is 0.722. The molecule has 0 fully saturated rings. The third-order valence-corrected chi connectivity index (χ3v) is 2.61. The normalized spacial score (nSPS) is 10.5. The van der Waals surface area contributed by atoms with Crippen molar-refractivity contribution in [2.24, 2.45) is 7.05 Å². The fourth-order valence-corrected chi connectivity index (χ4v) is 1.80. The molecule has 2 aromatic heterocycles. The number of carbonyl (C=O) groups excluding carboxylic acids is 1. The van der Waals surface area contributed by atoms with E-state index in [2.05, 4.69) is 25.7 Å². The van der Waals surface area contributed by atoms with Crippen molar-refractivity contribution in [3.05, 3.63) is 22.5 Å². The zero-order chi connectivity index (χ0) is 14.2. The number of aromatic nitrogens is 5. The number of carboxylic acid groups (broad SMARTS) is 1. The Labute approximate surface area is 107 Å². The van der Waals surface area contributed by atoms with Gasteiger partial charge in [0.2, 0.25) is 0 Å².